The second kappa shape index (κ2) is 4.89. The Morgan fingerprint density at radius 3 is 2.27 bits per heavy atom. The number of Topliss-reactive ketones (excluding diaryl/α,β-unsaturated/α-hetero) is 2. The molecule has 6 heteroatoms. The van der Waals surface area contributed by atoms with Gasteiger partial charge in [-0.25, -0.2) is 0 Å². The second-order valence-corrected chi connectivity index (χ2v) is 6.72. The Balaban J connectivity index is 1.84. The molecular formula is C20H14N2O4. The van der Waals surface area contributed by atoms with E-state index in [0.29, 0.717) is 22.4 Å². The van der Waals surface area contributed by atoms with Crippen molar-refractivity contribution in [3.05, 3.63) is 70.9 Å². The van der Waals surface area contributed by atoms with E-state index < -0.39 is 29.1 Å². The first-order valence-corrected chi connectivity index (χ1v) is 8.33. The van der Waals surface area contributed by atoms with Crippen LogP contribution >= 0.6 is 0 Å². The van der Waals surface area contributed by atoms with Gasteiger partial charge in [0.1, 0.15) is 6.04 Å². The number of carbonyl (C=O) groups is 3. The fourth-order valence-electron chi connectivity index (χ4n) is 4.21. The van der Waals surface area contributed by atoms with Gasteiger partial charge in [-0.05, 0) is 11.6 Å². The number of benzene rings is 2. The monoisotopic (exact) mass is 346 g/mol. The number of carboxylic acids is 1. The number of hydrogen-bond donors (Lipinski definition) is 3. The minimum Gasteiger partial charge on any atom is -0.480 e. The minimum atomic E-state index is -1.71. The summed E-state index contributed by atoms with van der Waals surface area (Å²) in [6.07, 6.45) is 0.202. The molecule has 3 aromatic rings. The predicted octanol–water partition coefficient (Wildman–Crippen LogP) is 2.04. The van der Waals surface area contributed by atoms with Crippen molar-refractivity contribution < 1.29 is 19.5 Å². The average Bonchev–Trinajstić information content (AvgIpc) is 3.13. The maximum absolute atomic E-state index is 13.3. The molecule has 1 atom stereocenters. The van der Waals surface area contributed by atoms with E-state index in [1.807, 2.05) is 24.3 Å². The molecule has 2 aromatic carbocycles. The summed E-state index contributed by atoms with van der Waals surface area (Å²) in [4.78, 5) is 41.6. The number of aromatic amines is 1. The van der Waals surface area contributed by atoms with E-state index in [1.165, 1.54) is 0 Å². The molecule has 26 heavy (non-hydrogen) atoms. The highest BCUT2D eigenvalue weighted by molar-refractivity contribution is 6.33. The summed E-state index contributed by atoms with van der Waals surface area (Å²) >= 11 is 0. The zero-order chi connectivity index (χ0) is 18.1. The minimum absolute atomic E-state index is 0.202. The van der Waals surface area contributed by atoms with Crippen molar-refractivity contribution in [1.29, 1.82) is 0 Å². The van der Waals surface area contributed by atoms with Gasteiger partial charge >= 0.3 is 5.97 Å². The number of nitrogens with one attached hydrogen (secondary N) is 2. The third-order valence-corrected chi connectivity index (χ3v) is 5.38. The Bertz CT molecular complexity index is 1090. The molecule has 1 aliphatic carbocycles. The van der Waals surface area contributed by atoms with Gasteiger partial charge in [0.05, 0.1) is 5.69 Å². The summed E-state index contributed by atoms with van der Waals surface area (Å²) < 4.78 is 0. The molecule has 5 rings (SSSR count). The number of para-hydroxylation sites is 1. The zero-order valence-electron chi connectivity index (χ0n) is 13.6. The van der Waals surface area contributed by atoms with Crippen LogP contribution in [0.3, 0.4) is 0 Å². The van der Waals surface area contributed by atoms with Crippen molar-refractivity contribution in [3.8, 4) is 0 Å². The normalized spacial score (nSPS) is 20.4. The van der Waals surface area contributed by atoms with E-state index in [0.717, 1.165) is 10.9 Å². The van der Waals surface area contributed by atoms with Crippen LogP contribution in [-0.2, 0) is 16.8 Å². The topological polar surface area (TPSA) is 99.3 Å². The Kier molecular flexibility index (Phi) is 2.83. The molecule has 0 amide bonds. The first kappa shape index (κ1) is 15.0. The Morgan fingerprint density at radius 2 is 1.62 bits per heavy atom. The second-order valence-electron chi connectivity index (χ2n) is 6.72. The van der Waals surface area contributed by atoms with Crippen molar-refractivity contribution in [2.75, 3.05) is 0 Å². The number of carbonyl (C=O) groups excluding carboxylic acids is 2. The molecule has 0 unspecified atom stereocenters. The number of aromatic nitrogens is 1. The smallest absolute Gasteiger partial charge is 0.321 e. The molecule has 3 N–H and O–H groups in total. The largest absolute Gasteiger partial charge is 0.480 e. The molecule has 1 aliphatic heterocycles. The molecule has 0 saturated carbocycles. The van der Waals surface area contributed by atoms with Crippen molar-refractivity contribution in [3.63, 3.8) is 0 Å². The quantitative estimate of drug-likeness (QED) is 0.586. The van der Waals surface area contributed by atoms with Crippen molar-refractivity contribution >= 4 is 28.4 Å². The lowest BCUT2D eigenvalue weighted by atomic mass is 9.80. The third-order valence-electron chi connectivity index (χ3n) is 5.38. The van der Waals surface area contributed by atoms with Gasteiger partial charge in [-0.3, -0.25) is 19.7 Å². The number of H-pyrrole nitrogens is 1. The maximum Gasteiger partial charge on any atom is 0.321 e. The average molecular weight is 346 g/mol. The lowest BCUT2D eigenvalue weighted by Crippen LogP contribution is -2.61. The van der Waals surface area contributed by atoms with Crippen LogP contribution in [0.2, 0.25) is 0 Å². The summed E-state index contributed by atoms with van der Waals surface area (Å²) in [6, 6.07) is 13.0. The number of ketones is 2. The van der Waals surface area contributed by atoms with Gasteiger partial charge < -0.3 is 10.1 Å². The number of fused-ring (bicyclic) bond motifs is 5. The summed E-state index contributed by atoms with van der Waals surface area (Å²) in [5, 5.41) is 13.3. The van der Waals surface area contributed by atoms with Gasteiger partial charge in [-0.1, -0.05) is 42.5 Å². The molecule has 6 nitrogen and oxygen atoms in total. The Morgan fingerprint density at radius 1 is 1.00 bits per heavy atom. The van der Waals surface area contributed by atoms with E-state index in [9.17, 15) is 19.5 Å². The molecule has 2 aliphatic rings. The molecule has 0 fully saturated rings. The van der Waals surface area contributed by atoms with Gasteiger partial charge in [0, 0.05) is 28.5 Å². The van der Waals surface area contributed by atoms with Crippen LogP contribution in [0, 0.1) is 0 Å². The van der Waals surface area contributed by atoms with E-state index in [2.05, 4.69) is 10.3 Å². The van der Waals surface area contributed by atoms with Gasteiger partial charge in [-0.2, -0.15) is 0 Å². The predicted molar refractivity (Wildman–Crippen MR) is 93.3 cm³/mol. The summed E-state index contributed by atoms with van der Waals surface area (Å²) in [6.45, 7) is 0. The molecule has 128 valence electrons. The van der Waals surface area contributed by atoms with Crippen LogP contribution in [0.15, 0.2) is 48.5 Å². The van der Waals surface area contributed by atoms with Crippen molar-refractivity contribution in [1.82, 2.24) is 10.3 Å². The number of carboxylic acid groups (broad SMARTS) is 1. The van der Waals surface area contributed by atoms with E-state index in [4.69, 9.17) is 0 Å². The van der Waals surface area contributed by atoms with Gasteiger partial charge in [-0.15, -0.1) is 0 Å². The first-order chi connectivity index (χ1) is 12.5. The van der Waals surface area contributed by atoms with Crippen molar-refractivity contribution in [2.45, 2.75) is 18.0 Å². The Hall–Kier alpha value is -3.25. The molecule has 1 spiro atoms. The SMILES string of the molecule is O=C(O)[C@@H]1Cc2c([nH]c3ccccc23)C2(N1)C(=O)c1ccccc1C2=O. The number of hydrogen-bond acceptors (Lipinski definition) is 4. The first-order valence-electron chi connectivity index (χ1n) is 8.33. The highest BCUT2D eigenvalue weighted by Gasteiger charge is 2.59. The summed E-state index contributed by atoms with van der Waals surface area (Å²) in [5.74, 6) is -1.90. The van der Waals surface area contributed by atoms with E-state index >= 15 is 0 Å². The molecule has 0 radical (unpaired) electrons. The van der Waals surface area contributed by atoms with Gasteiger partial charge in [0.2, 0.25) is 0 Å². The fourth-order valence-corrected chi connectivity index (χ4v) is 4.21. The summed E-state index contributed by atoms with van der Waals surface area (Å²) in [5.41, 5.74) is 0.880. The zero-order valence-corrected chi connectivity index (χ0v) is 13.6. The van der Waals surface area contributed by atoms with Crippen LogP contribution in [0.1, 0.15) is 32.0 Å². The van der Waals surface area contributed by atoms with E-state index in [-0.39, 0.29) is 6.42 Å². The molecule has 0 saturated heterocycles. The lowest BCUT2D eigenvalue weighted by molar-refractivity contribution is -0.140. The molecule has 2 heterocycles. The van der Waals surface area contributed by atoms with E-state index in [1.54, 1.807) is 24.3 Å². The van der Waals surface area contributed by atoms with Crippen LogP contribution < -0.4 is 5.32 Å². The van der Waals surface area contributed by atoms with Crippen LogP contribution in [-0.4, -0.2) is 33.7 Å². The fraction of sp³-hybridized carbons (Fsp3) is 0.150. The van der Waals surface area contributed by atoms with Crippen LogP contribution in [0.5, 0.6) is 0 Å². The lowest BCUT2D eigenvalue weighted by Gasteiger charge is -2.35. The number of aliphatic carboxylic acids is 1. The highest BCUT2D eigenvalue weighted by atomic mass is 16.4. The number of rotatable bonds is 1. The van der Waals surface area contributed by atoms with Crippen LogP contribution in [0.4, 0.5) is 0 Å². The summed E-state index contributed by atoms with van der Waals surface area (Å²) in [7, 11) is 0. The Labute approximate surface area is 147 Å². The highest BCUT2D eigenvalue weighted by Crippen LogP contribution is 2.43. The third kappa shape index (κ3) is 1.66. The van der Waals surface area contributed by atoms with Crippen LogP contribution in [0.25, 0.3) is 10.9 Å². The maximum atomic E-state index is 13.3. The van der Waals surface area contributed by atoms with Gasteiger partial charge in [0.25, 0.3) is 0 Å². The molecule has 0 bridgehead atoms. The molecule has 1 aromatic heterocycles. The van der Waals surface area contributed by atoms with Gasteiger partial charge in [0.15, 0.2) is 17.1 Å². The molecular weight excluding hydrogens is 332 g/mol. The van der Waals surface area contributed by atoms with Crippen molar-refractivity contribution in [2.24, 2.45) is 0 Å². The standard InChI is InChI=1S/C20H14N2O4/c23-17-11-6-1-2-7-12(11)18(24)20(17)16-13(9-15(22-20)19(25)26)10-5-3-4-8-14(10)21-16/h1-8,15,21-22H,9H2,(H,25,26)/t15-/m0/s1.